The SMILES string of the molecule is CCC/C=C/[C@]1(CC)C[C@H](CC)[C@H](CC(=O)O)OO1. The van der Waals surface area contributed by atoms with Crippen molar-refractivity contribution in [2.75, 3.05) is 0 Å². The Labute approximate surface area is 115 Å². The lowest BCUT2D eigenvalue weighted by molar-refractivity contribution is -0.409. The predicted molar refractivity (Wildman–Crippen MR) is 73.7 cm³/mol. The summed E-state index contributed by atoms with van der Waals surface area (Å²) in [6, 6.07) is 0. The molecule has 0 aromatic heterocycles. The molecule has 1 saturated heterocycles. The smallest absolute Gasteiger partial charge is 0.306 e. The van der Waals surface area contributed by atoms with Crippen molar-refractivity contribution in [1.82, 2.24) is 0 Å². The third kappa shape index (κ3) is 4.62. The first kappa shape index (κ1) is 16.2. The van der Waals surface area contributed by atoms with E-state index in [-0.39, 0.29) is 24.0 Å². The van der Waals surface area contributed by atoms with Crippen LogP contribution in [0, 0.1) is 5.92 Å². The van der Waals surface area contributed by atoms with Crippen molar-refractivity contribution in [3.8, 4) is 0 Å². The third-order valence-corrected chi connectivity index (χ3v) is 3.85. The summed E-state index contributed by atoms with van der Waals surface area (Å²) >= 11 is 0. The molecule has 0 aliphatic carbocycles. The second kappa shape index (κ2) is 7.65. The molecule has 4 heteroatoms. The van der Waals surface area contributed by atoms with E-state index in [9.17, 15) is 4.79 Å². The molecule has 1 aliphatic rings. The molecule has 4 nitrogen and oxygen atoms in total. The Balaban J connectivity index is 2.71. The standard InChI is InChI=1S/C15H26O4/c1-4-7-8-9-15(6-3)11-12(5-2)13(18-19-15)10-14(16)17/h8-9,12-13H,4-7,10-11H2,1-3H3,(H,16,17)/b9-8+/t12-,13-,15+/m0/s1. The zero-order chi connectivity index (χ0) is 14.3. The van der Waals surface area contributed by atoms with Gasteiger partial charge >= 0.3 is 5.97 Å². The summed E-state index contributed by atoms with van der Waals surface area (Å²) in [4.78, 5) is 21.8. The first-order valence-corrected chi connectivity index (χ1v) is 7.30. The molecule has 0 saturated carbocycles. The number of allylic oxidation sites excluding steroid dienone is 1. The Morgan fingerprint density at radius 2 is 2.16 bits per heavy atom. The molecule has 1 fully saturated rings. The molecule has 0 radical (unpaired) electrons. The lowest BCUT2D eigenvalue weighted by atomic mass is 9.81. The predicted octanol–water partition coefficient (Wildman–Crippen LogP) is 3.71. The van der Waals surface area contributed by atoms with Crippen molar-refractivity contribution in [3.05, 3.63) is 12.2 Å². The van der Waals surface area contributed by atoms with E-state index in [2.05, 4.69) is 32.9 Å². The number of aliphatic carboxylic acids is 1. The van der Waals surface area contributed by atoms with E-state index in [1.54, 1.807) is 0 Å². The van der Waals surface area contributed by atoms with E-state index in [1.165, 1.54) is 0 Å². The first-order valence-electron chi connectivity index (χ1n) is 7.30. The van der Waals surface area contributed by atoms with Crippen molar-refractivity contribution in [3.63, 3.8) is 0 Å². The summed E-state index contributed by atoms with van der Waals surface area (Å²) < 4.78 is 0. The maximum atomic E-state index is 10.8. The van der Waals surface area contributed by atoms with Crippen molar-refractivity contribution in [2.45, 2.75) is 71.0 Å². The summed E-state index contributed by atoms with van der Waals surface area (Å²) in [5.74, 6) is -0.603. The van der Waals surface area contributed by atoms with Crippen LogP contribution >= 0.6 is 0 Å². The van der Waals surface area contributed by atoms with Gasteiger partial charge in [-0.3, -0.25) is 4.79 Å². The number of carboxylic acid groups (broad SMARTS) is 1. The van der Waals surface area contributed by atoms with Gasteiger partial charge in [-0.15, -0.1) is 0 Å². The monoisotopic (exact) mass is 270 g/mol. The Hall–Kier alpha value is -0.870. The molecule has 1 N–H and O–H groups in total. The van der Waals surface area contributed by atoms with E-state index >= 15 is 0 Å². The Kier molecular flexibility index (Phi) is 6.52. The van der Waals surface area contributed by atoms with Crippen molar-refractivity contribution in [2.24, 2.45) is 5.92 Å². The minimum absolute atomic E-state index is 0.0109. The van der Waals surface area contributed by atoms with E-state index in [4.69, 9.17) is 14.9 Å². The highest BCUT2D eigenvalue weighted by atomic mass is 17.2. The van der Waals surface area contributed by atoms with E-state index < -0.39 is 5.97 Å². The van der Waals surface area contributed by atoms with Gasteiger partial charge in [-0.25, -0.2) is 9.78 Å². The van der Waals surface area contributed by atoms with Crippen molar-refractivity contribution >= 4 is 5.97 Å². The number of hydrogen-bond acceptors (Lipinski definition) is 3. The van der Waals surface area contributed by atoms with Crippen LogP contribution in [-0.4, -0.2) is 22.8 Å². The summed E-state index contributed by atoms with van der Waals surface area (Å²) in [5.41, 5.74) is -0.384. The van der Waals surface area contributed by atoms with Gasteiger partial charge in [0.1, 0.15) is 11.7 Å². The van der Waals surface area contributed by atoms with E-state index in [1.807, 2.05) is 0 Å². The molecule has 110 valence electrons. The van der Waals surface area contributed by atoms with Gasteiger partial charge in [0.15, 0.2) is 0 Å². The maximum Gasteiger partial charge on any atom is 0.306 e. The van der Waals surface area contributed by atoms with Crippen LogP contribution in [0.2, 0.25) is 0 Å². The molecule has 3 atom stereocenters. The van der Waals surface area contributed by atoms with Crippen molar-refractivity contribution in [1.29, 1.82) is 0 Å². The number of unbranched alkanes of at least 4 members (excludes halogenated alkanes) is 1. The Morgan fingerprint density at radius 3 is 2.68 bits per heavy atom. The number of carboxylic acids is 1. The number of carbonyl (C=O) groups is 1. The van der Waals surface area contributed by atoms with Crippen molar-refractivity contribution < 1.29 is 19.7 Å². The Morgan fingerprint density at radius 1 is 1.42 bits per heavy atom. The fourth-order valence-corrected chi connectivity index (χ4v) is 2.51. The van der Waals surface area contributed by atoms with Crippen LogP contribution in [0.1, 0.15) is 59.3 Å². The average molecular weight is 270 g/mol. The topological polar surface area (TPSA) is 55.8 Å². The van der Waals surface area contributed by atoms with Crippen LogP contribution in [0.25, 0.3) is 0 Å². The van der Waals surface area contributed by atoms with Gasteiger partial charge in [-0.2, -0.15) is 0 Å². The fourth-order valence-electron chi connectivity index (χ4n) is 2.51. The van der Waals surface area contributed by atoms with Gasteiger partial charge < -0.3 is 5.11 Å². The summed E-state index contributed by atoms with van der Waals surface area (Å²) in [5, 5.41) is 8.89. The van der Waals surface area contributed by atoms with Gasteiger partial charge in [0.05, 0.1) is 6.42 Å². The molecule has 1 aliphatic heterocycles. The zero-order valence-corrected chi connectivity index (χ0v) is 12.2. The normalized spacial score (nSPS) is 31.7. The summed E-state index contributed by atoms with van der Waals surface area (Å²) in [6.07, 6.45) is 8.62. The molecule has 0 aromatic carbocycles. The first-order chi connectivity index (χ1) is 9.06. The van der Waals surface area contributed by atoms with Crippen LogP contribution in [0.5, 0.6) is 0 Å². The molecule has 0 unspecified atom stereocenters. The lowest BCUT2D eigenvalue weighted by Gasteiger charge is -2.40. The average Bonchev–Trinajstić information content (AvgIpc) is 2.40. The molecule has 1 rings (SSSR count). The number of rotatable bonds is 7. The summed E-state index contributed by atoms with van der Waals surface area (Å²) in [6.45, 7) is 6.28. The highest BCUT2D eigenvalue weighted by Gasteiger charge is 2.40. The van der Waals surface area contributed by atoms with E-state index in [0.717, 1.165) is 32.1 Å². The molecular formula is C15H26O4. The van der Waals surface area contributed by atoms with Crippen LogP contribution in [0.3, 0.4) is 0 Å². The van der Waals surface area contributed by atoms with Crippen LogP contribution in [-0.2, 0) is 14.6 Å². The minimum atomic E-state index is -0.836. The fraction of sp³-hybridized carbons (Fsp3) is 0.800. The highest BCUT2D eigenvalue weighted by molar-refractivity contribution is 5.67. The molecule has 0 spiro atoms. The highest BCUT2D eigenvalue weighted by Crippen LogP contribution is 2.37. The number of hydrogen-bond donors (Lipinski definition) is 1. The van der Waals surface area contributed by atoms with Crippen LogP contribution < -0.4 is 0 Å². The second-order valence-corrected chi connectivity index (χ2v) is 5.30. The molecule has 0 amide bonds. The molecule has 0 bridgehead atoms. The van der Waals surface area contributed by atoms with Gasteiger partial charge in [-0.05, 0) is 25.2 Å². The zero-order valence-electron chi connectivity index (χ0n) is 12.2. The van der Waals surface area contributed by atoms with E-state index in [0.29, 0.717) is 0 Å². The summed E-state index contributed by atoms with van der Waals surface area (Å²) in [7, 11) is 0. The molecule has 19 heavy (non-hydrogen) atoms. The minimum Gasteiger partial charge on any atom is -0.481 e. The van der Waals surface area contributed by atoms with Gasteiger partial charge in [-0.1, -0.05) is 45.8 Å². The van der Waals surface area contributed by atoms with Gasteiger partial charge in [0.2, 0.25) is 0 Å². The molecule has 1 heterocycles. The third-order valence-electron chi connectivity index (χ3n) is 3.85. The maximum absolute atomic E-state index is 10.8. The lowest BCUT2D eigenvalue weighted by Crippen LogP contribution is -2.44. The van der Waals surface area contributed by atoms with Gasteiger partial charge in [0.25, 0.3) is 0 Å². The van der Waals surface area contributed by atoms with Crippen LogP contribution in [0.4, 0.5) is 0 Å². The van der Waals surface area contributed by atoms with Crippen LogP contribution in [0.15, 0.2) is 12.2 Å². The van der Waals surface area contributed by atoms with Gasteiger partial charge in [0, 0.05) is 0 Å². The second-order valence-electron chi connectivity index (χ2n) is 5.30. The molecular weight excluding hydrogens is 244 g/mol. The largest absolute Gasteiger partial charge is 0.481 e. The quantitative estimate of drug-likeness (QED) is 0.566. The molecule has 0 aromatic rings. The Bertz CT molecular complexity index is 313.